The molecule has 3 nitrogen and oxygen atoms in total. The molecule has 0 saturated carbocycles. The van der Waals surface area contributed by atoms with Crippen LogP contribution >= 0.6 is 11.6 Å². The van der Waals surface area contributed by atoms with Gasteiger partial charge in [-0.2, -0.15) is 0 Å². The average Bonchev–Trinajstić information content (AvgIpc) is 2.79. The van der Waals surface area contributed by atoms with Crippen molar-refractivity contribution < 1.29 is 9.90 Å². The standard InChI is InChI=1S/C18H16ClNO2/c1-10-3-4-11(2)13(7-10)18-15(9-17(21)22)14-8-12(19)5-6-16(14)20-18/h3-8,20H,9H2,1-2H3,(H,21,22). The summed E-state index contributed by atoms with van der Waals surface area (Å²) < 4.78 is 0. The number of aromatic amines is 1. The highest BCUT2D eigenvalue weighted by atomic mass is 35.5. The van der Waals surface area contributed by atoms with Crippen LogP contribution in [0.15, 0.2) is 36.4 Å². The van der Waals surface area contributed by atoms with Gasteiger partial charge in [0.15, 0.2) is 0 Å². The number of fused-ring (bicyclic) bond motifs is 1. The van der Waals surface area contributed by atoms with Crippen LogP contribution in [0.3, 0.4) is 0 Å². The third-order valence-electron chi connectivity index (χ3n) is 3.86. The monoisotopic (exact) mass is 313 g/mol. The molecule has 1 heterocycles. The fourth-order valence-corrected chi connectivity index (χ4v) is 2.96. The summed E-state index contributed by atoms with van der Waals surface area (Å²) in [5.41, 5.74) is 5.81. The zero-order valence-electron chi connectivity index (χ0n) is 12.4. The van der Waals surface area contributed by atoms with Gasteiger partial charge < -0.3 is 10.1 Å². The lowest BCUT2D eigenvalue weighted by Gasteiger charge is -2.08. The maximum absolute atomic E-state index is 11.3. The van der Waals surface area contributed by atoms with Crippen molar-refractivity contribution >= 4 is 28.5 Å². The molecule has 112 valence electrons. The van der Waals surface area contributed by atoms with Gasteiger partial charge in [0.25, 0.3) is 0 Å². The Labute approximate surface area is 133 Å². The molecule has 2 N–H and O–H groups in total. The average molecular weight is 314 g/mol. The number of carboxylic acids is 1. The Morgan fingerprint density at radius 2 is 1.95 bits per heavy atom. The minimum absolute atomic E-state index is 0.0386. The molecule has 0 saturated heterocycles. The molecule has 0 radical (unpaired) electrons. The summed E-state index contributed by atoms with van der Waals surface area (Å²) in [6, 6.07) is 11.7. The van der Waals surface area contributed by atoms with Crippen LogP contribution in [0.25, 0.3) is 22.2 Å². The number of hydrogen-bond acceptors (Lipinski definition) is 1. The molecule has 0 amide bonds. The summed E-state index contributed by atoms with van der Waals surface area (Å²) in [7, 11) is 0. The van der Waals surface area contributed by atoms with Gasteiger partial charge in [-0.3, -0.25) is 4.79 Å². The zero-order chi connectivity index (χ0) is 15.9. The van der Waals surface area contributed by atoms with E-state index in [4.69, 9.17) is 11.6 Å². The van der Waals surface area contributed by atoms with Gasteiger partial charge in [-0.15, -0.1) is 0 Å². The first-order chi connectivity index (χ1) is 10.5. The number of nitrogens with one attached hydrogen (secondary N) is 1. The minimum atomic E-state index is -0.854. The minimum Gasteiger partial charge on any atom is -0.481 e. The fraction of sp³-hybridized carbons (Fsp3) is 0.167. The number of hydrogen-bond donors (Lipinski definition) is 2. The highest BCUT2D eigenvalue weighted by molar-refractivity contribution is 6.31. The predicted molar refractivity (Wildman–Crippen MR) is 89.6 cm³/mol. The van der Waals surface area contributed by atoms with Gasteiger partial charge >= 0.3 is 5.97 Å². The molecule has 1 aromatic heterocycles. The normalized spacial score (nSPS) is 11.0. The number of aliphatic carboxylic acids is 1. The maximum atomic E-state index is 11.3. The molecular weight excluding hydrogens is 298 g/mol. The van der Waals surface area contributed by atoms with Crippen molar-refractivity contribution in [3.8, 4) is 11.3 Å². The van der Waals surface area contributed by atoms with E-state index < -0.39 is 5.97 Å². The van der Waals surface area contributed by atoms with E-state index in [2.05, 4.69) is 17.1 Å². The Morgan fingerprint density at radius 1 is 1.18 bits per heavy atom. The number of benzene rings is 2. The third kappa shape index (κ3) is 2.60. The summed E-state index contributed by atoms with van der Waals surface area (Å²) in [5.74, 6) is -0.854. The van der Waals surface area contributed by atoms with Crippen LogP contribution in [0.5, 0.6) is 0 Å². The number of aryl methyl sites for hydroxylation is 2. The van der Waals surface area contributed by atoms with E-state index in [0.717, 1.165) is 38.9 Å². The second-order valence-electron chi connectivity index (χ2n) is 5.56. The smallest absolute Gasteiger partial charge is 0.307 e. The summed E-state index contributed by atoms with van der Waals surface area (Å²) in [6.45, 7) is 4.05. The van der Waals surface area contributed by atoms with E-state index in [9.17, 15) is 9.90 Å². The summed E-state index contributed by atoms with van der Waals surface area (Å²) in [6.07, 6.45) is -0.0386. The van der Waals surface area contributed by atoms with Crippen molar-refractivity contribution in [1.82, 2.24) is 4.98 Å². The van der Waals surface area contributed by atoms with Crippen LogP contribution < -0.4 is 0 Å². The van der Waals surface area contributed by atoms with Crippen molar-refractivity contribution in [2.75, 3.05) is 0 Å². The lowest BCUT2D eigenvalue weighted by Crippen LogP contribution is -2.01. The van der Waals surface area contributed by atoms with E-state index in [-0.39, 0.29) is 6.42 Å². The Morgan fingerprint density at radius 3 is 2.68 bits per heavy atom. The molecule has 0 unspecified atom stereocenters. The van der Waals surface area contributed by atoms with Crippen LogP contribution in [0.1, 0.15) is 16.7 Å². The molecule has 0 aliphatic rings. The van der Waals surface area contributed by atoms with Gasteiger partial charge in [-0.25, -0.2) is 0 Å². The SMILES string of the molecule is Cc1ccc(C)c(-c2[nH]c3ccc(Cl)cc3c2CC(=O)O)c1. The number of carboxylic acid groups (broad SMARTS) is 1. The van der Waals surface area contributed by atoms with Crippen LogP contribution in [0.2, 0.25) is 5.02 Å². The lowest BCUT2D eigenvalue weighted by atomic mass is 9.98. The van der Waals surface area contributed by atoms with Crippen molar-refractivity contribution in [1.29, 1.82) is 0 Å². The number of H-pyrrole nitrogens is 1. The van der Waals surface area contributed by atoms with Crippen molar-refractivity contribution in [2.24, 2.45) is 0 Å². The molecule has 0 atom stereocenters. The second kappa shape index (κ2) is 5.50. The van der Waals surface area contributed by atoms with Crippen molar-refractivity contribution in [2.45, 2.75) is 20.3 Å². The topological polar surface area (TPSA) is 53.1 Å². The lowest BCUT2D eigenvalue weighted by molar-refractivity contribution is -0.136. The van der Waals surface area contributed by atoms with Gasteiger partial charge in [0.1, 0.15) is 0 Å². The van der Waals surface area contributed by atoms with Crippen molar-refractivity contribution in [3.05, 3.63) is 58.1 Å². The van der Waals surface area contributed by atoms with Crippen LogP contribution in [0, 0.1) is 13.8 Å². The van der Waals surface area contributed by atoms with Gasteiger partial charge in [0.2, 0.25) is 0 Å². The Bertz CT molecular complexity index is 880. The first kappa shape index (κ1) is 14.7. The van der Waals surface area contributed by atoms with Crippen LogP contribution in [0.4, 0.5) is 0 Å². The molecule has 4 heteroatoms. The molecule has 3 aromatic rings. The third-order valence-corrected chi connectivity index (χ3v) is 4.09. The molecule has 2 aromatic carbocycles. The molecule has 3 rings (SSSR count). The fourth-order valence-electron chi connectivity index (χ4n) is 2.79. The largest absolute Gasteiger partial charge is 0.481 e. The van der Waals surface area contributed by atoms with E-state index in [1.54, 1.807) is 6.07 Å². The Balaban J connectivity index is 2.32. The second-order valence-corrected chi connectivity index (χ2v) is 5.99. The number of carbonyl (C=O) groups is 1. The Hall–Kier alpha value is -2.26. The first-order valence-corrected chi connectivity index (χ1v) is 7.43. The highest BCUT2D eigenvalue weighted by Gasteiger charge is 2.17. The van der Waals surface area contributed by atoms with Gasteiger partial charge in [0.05, 0.1) is 12.1 Å². The van der Waals surface area contributed by atoms with Gasteiger partial charge in [0, 0.05) is 21.5 Å². The quantitative estimate of drug-likeness (QED) is 0.734. The molecule has 0 spiro atoms. The molecule has 0 bridgehead atoms. The summed E-state index contributed by atoms with van der Waals surface area (Å²) >= 11 is 6.08. The van der Waals surface area contributed by atoms with Crippen LogP contribution in [-0.4, -0.2) is 16.1 Å². The molecular formula is C18H16ClNO2. The summed E-state index contributed by atoms with van der Waals surface area (Å²) in [4.78, 5) is 14.6. The number of rotatable bonds is 3. The van der Waals surface area contributed by atoms with E-state index in [1.807, 2.05) is 32.0 Å². The summed E-state index contributed by atoms with van der Waals surface area (Å²) in [5, 5.41) is 10.7. The molecule has 0 aliphatic carbocycles. The van der Waals surface area contributed by atoms with E-state index >= 15 is 0 Å². The predicted octanol–water partition coefficient (Wildman–Crippen LogP) is 4.73. The number of aromatic nitrogens is 1. The van der Waals surface area contributed by atoms with Crippen molar-refractivity contribution in [3.63, 3.8) is 0 Å². The van der Waals surface area contributed by atoms with Crippen LogP contribution in [-0.2, 0) is 11.2 Å². The highest BCUT2D eigenvalue weighted by Crippen LogP contribution is 2.34. The first-order valence-electron chi connectivity index (χ1n) is 7.05. The maximum Gasteiger partial charge on any atom is 0.307 e. The van der Waals surface area contributed by atoms with E-state index in [0.29, 0.717) is 5.02 Å². The van der Waals surface area contributed by atoms with Gasteiger partial charge in [-0.05, 0) is 49.2 Å². The van der Waals surface area contributed by atoms with Gasteiger partial charge in [-0.1, -0.05) is 29.3 Å². The number of halogens is 1. The van der Waals surface area contributed by atoms with E-state index in [1.165, 1.54) is 0 Å². The Kier molecular flexibility index (Phi) is 3.67. The molecule has 22 heavy (non-hydrogen) atoms. The molecule has 0 aliphatic heterocycles. The zero-order valence-corrected chi connectivity index (χ0v) is 13.2. The molecule has 0 fully saturated rings.